The number of esters is 1. The predicted molar refractivity (Wildman–Crippen MR) is 139 cm³/mol. The van der Waals surface area contributed by atoms with E-state index in [0.717, 1.165) is 5.56 Å². The van der Waals surface area contributed by atoms with E-state index in [4.69, 9.17) is 18.9 Å². The number of carbonyl (C=O) groups excluding carboxylic acids is 1. The molecule has 4 aromatic rings. The number of aromatic nitrogens is 2. The standard InChI is InChI=1S/C26H27N3O7S/c1-6-36-25(30)17-9-12-21-20(13-17)27-26(28-37(31,32)19-10-7-16(2)8-11-19)29(21)18-14-22(33-3)24(35-5)23(15-18)34-4/h7-15H,6H2,1-5H3,(H,27,28). The van der Waals surface area contributed by atoms with E-state index in [-0.39, 0.29) is 23.0 Å². The topological polar surface area (TPSA) is 118 Å². The van der Waals surface area contributed by atoms with Gasteiger partial charge in [0.05, 0.1) is 55.1 Å². The largest absolute Gasteiger partial charge is 0.493 e. The third-order valence-electron chi connectivity index (χ3n) is 5.63. The summed E-state index contributed by atoms with van der Waals surface area (Å²) in [6.07, 6.45) is 0. The first kappa shape index (κ1) is 25.8. The van der Waals surface area contributed by atoms with Crippen LogP contribution in [0.15, 0.2) is 59.5 Å². The molecule has 0 radical (unpaired) electrons. The molecular formula is C26H27N3O7S. The second-order valence-electron chi connectivity index (χ2n) is 8.00. The van der Waals surface area contributed by atoms with E-state index < -0.39 is 16.0 Å². The molecule has 4 rings (SSSR count). The molecular weight excluding hydrogens is 498 g/mol. The van der Waals surface area contributed by atoms with Gasteiger partial charge in [-0.25, -0.2) is 22.9 Å². The van der Waals surface area contributed by atoms with Crippen LogP contribution >= 0.6 is 0 Å². The highest BCUT2D eigenvalue weighted by Gasteiger charge is 2.23. The number of nitrogens with zero attached hydrogens (tertiary/aromatic N) is 2. The molecule has 0 atom stereocenters. The van der Waals surface area contributed by atoms with Crippen LogP contribution in [0.3, 0.4) is 0 Å². The number of sulfonamides is 1. The lowest BCUT2D eigenvalue weighted by molar-refractivity contribution is 0.0526. The summed E-state index contributed by atoms with van der Waals surface area (Å²) in [5.41, 5.74) is 2.61. The van der Waals surface area contributed by atoms with E-state index in [0.29, 0.717) is 34.0 Å². The van der Waals surface area contributed by atoms with Crippen molar-refractivity contribution in [1.29, 1.82) is 0 Å². The zero-order valence-electron chi connectivity index (χ0n) is 21.1. The quantitative estimate of drug-likeness (QED) is 0.321. The van der Waals surface area contributed by atoms with E-state index in [1.165, 1.54) is 33.5 Å². The Morgan fingerprint density at radius 3 is 2.16 bits per heavy atom. The Labute approximate surface area is 214 Å². The van der Waals surface area contributed by atoms with Gasteiger partial charge in [-0.15, -0.1) is 0 Å². The lowest BCUT2D eigenvalue weighted by Crippen LogP contribution is -2.16. The number of carbonyl (C=O) groups is 1. The molecule has 1 heterocycles. The number of ether oxygens (including phenoxy) is 4. The van der Waals surface area contributed by atoms with E-state index in [1.807, 2.05) is 6.92 Å². The zero-order valence-corrected chi connectivity index (χ0v) is 21.9. The third-order valence-corrected chi connectivity index (χ3v) is 6.97. The lowest BCUT2D eigenvalue weighted by atomic mass is 10.2. The van der Waals surface area contributed by atoms with Crippen LogP contribution in [-0.2, 0) is 14.8 Å². The highest BCUT2D eigenvalue weighted by Crippen LogP contribution is 2.41. The Kier molecular flexibility index (Phi) is 7.25. The van der Waals surface area contributed by atoms with Gasteiger partial charge in [-0.3, -0.25) is 4.57 Å². The Morgan fingerprint density at radius 1 is 0.946 bits per heavy atom. The average Bonchev–Trinajstić information content (AvgIpc) is 3.24. The number of benzene rings is 3. The maximum Gasteiger partial charge on any atom is 0.338 e. The fourth-order valence-corrected chi connectivity index (χ4v) is 4.83. The van der Waals surface area contributed by atoms with Gasteiger partial charge in [0.15, 0.2) is 11.5 Å². The Bertz CT molecular complexity index is 1540. The summed E-state index contributed by atoms with van der Waals surface area (Å²) in [5, 5.41) is 0. The minimum Gasteiger partial charge on any atom is -0.493 e. The van der Waals surface area contributed by atoms with Gasteiger partial charge in [0.2, 0.25) is 11.7 Å². The number of hydrogen-bond donors (Lipinski definition) is 1. The number of imidazole rings is 1. The molecule has 0 saturated carbocycles. The number of anilines is 1. The molecule has 10 nitrogen and oxygen atoms in total. The van der Waals surface area contributed by atoms with Crippen LogP contribution in [0, 0.1) is 6.92 Å². The maximum absolute atomic E-state index is 13.3. The van der Waals surface area contributed by atoms with Crippen LogP contribution in [0.4, 0.5) is 5.95 Å². The number of hydrogen-bond acceptors (Lipinski definition) is 8. The second-order valence-corrected chi connectivity index (χ2v) is 9.68. The SMILES string of the molecule is CCOC(=O)c1ccc2c(c1)nc(NS(=O)(=O)c1ccc(C)cc1)n2-c1cc(OC)c(OC)c(OC)c1. The zero-order chi connectivity index (χ0) is 26.7. The van der Waals surface area contributed by atoms with Crippen molar-refractivity contribution in [3.05, 3.63) is 65.7 Å². The summed E-state index contributed by atoms with van der Waals surface area (Å²) in [7, 11) is 0.463. The first-order chi connectivity index (χ1) is 17.7. The number of methoxy groups -OCH3 is 3. The van der Waals surface area contributed by atoms with Gasteiger partial charge >= 0.3 is 5.97 Å². The predicted octanol–water partition coefficient (Wildman–Crippen LogP) is 4.34. The first-order valence-electron chi connectivity index (χ1n) is 11.3. The number of rotatable bonds is 9. The fraction of sp³-hybridized carbons (Fsp3) is 0.231. The second kappa shape index (κ2) is 10.4. The van der Waals surface area contributed by atoms with Gasteiger partial charge in [-0.2, -0.15) is 0 Å². The van der Waals surface area contributed by atoms with Gasteiger partial charge in [-0.05, 0) is 44.2 Å². The molecule has 194 valence electrons. The molecule has 0 bridgehead atoms. The molecule has 0 saturated heterocycles. The normalized spacial score (nSPS) is 11.3. The monoisotopic (exact) mass is 525 g/mol. The Morgan fingerprint density at radius 2 is 1.59 bits per heavy atom. The van der Waals surface area contributed by atoms with Crippen LogP contribution in [0.2, 0.25) is 0 Å². The van der Waals surface area contributed by atoms with Crippen LogP contribution in [0.25, 0.3) is 16.7 Å². The van der Waals surface area contributed by atoms with E-state index in [1.54, 1.807) is 54.0 Å². The summed E-state index contributed by atoms with van der Waals surface area (Å²) in [6.45, 7) is 3.81. The van der Waals surface area contributed by atoms with Crippen molar-refractivity contribution in [1.82, 2.24) is 9.55 Å². The summed E-state index contributed by atoms with van der Waals surface area (Å²) < 4.78 is 52.2. The van der Waals surface area contributed by atoms with Crippen molar-refractivity contribution in [3.63, 3.8) is 0 Å². The Balaban J connectivity index is 1.94. The third kappa shape index (κ3) is 5.03. The van der Waals surface area contributed by atoms with Crippen molar-refractivity contribution >= 4 is 33.0 Å². The summed E-state index contributed by atoms with van der Waals surface area (Å²) in [4.78, 5) is 16.9. The van der Waals surface area contributed by atoms with Gasteiger partial charge in [0.25, 0.3) is 10.0 Å². The van der Waals surface area contributed by atoms with Crippen molar-refractivity contribution in [2.24, 2.45) is 0 Å². The van der Waals surface area contributed by atoms with Gasteiger partial charge < -0.3 is 18.9 Å². The van der Waals surface area contributed by atoms with E-state index in [9.17, 15) is 13.2 Å². The molecule has 1 N–H and O–H groups in total. The number of aryl methyl sites for hydroxylation is 1. The van der Waals surface area contributed by atoms with Crippen molar-refractivity contribution in [2.45, 2.75) is 18.7 Å². The number of nitrogens with one attached hydrogen (secondary N) is 1. The lowest BCUT2D eigenvalue weighted by Gasteiger charge is -2.17. The molecule has 1 aromatic heterocycles. The summed E-state index contributed by atoms with van der Waals surface area (Å²) in [5.74, 6) is 0.618. The van der Waals surface area contributed by atoms with Crippen molar-refractivity contribution < 1.29 is 32.2 Å². The van der Waals surface area contributed by atoms with E-state index in [2.05, 4.69) is 9.71 Å². The first-order valence-corrected chi connectivity index (χ1v) is 12.8. The van der Waals surface area contributed by atoms with E-state index >= 15 is 0 Å². The van der Waals surface area contributed by atoms with Crippen LogP contribution in [0.1, 0.15) is 22.8 Å². The molecule has 3 aromatic carbocycles. The average molecular weight is 526 g/mol. The molecule has 0 amide bonds. The van der Waals surface area contributed by atoms with Gasteiger partial charge in [0, 0.05) is 12.1 Å². The minimum absolute atomic E-state index is 0.00542. The van der Waals surface area contributed by atoms with Gasteiger partial charge in [-0.1, -0.05) is 17.7 Å². The maximum atomic E-state index is 13.3. The summed E-state index contributed by atoms with van der Waals surface area (Å²) in [6, 6.07) is 14.6. The highest BCUT2D eigenvalue weighted by atomic mass is 32.2. The molecule has 0 aliphatic carbocycles. The molecule has 0 spiro atoms. The fourth-order valence-electron chi connectivity index (χ4n) is 3.84. The van der Waals surface area contributed by atoms with Crippen LogP contribution in [0.5, 0.6) is 17.2 Å². The smallest absolute Gasteiger partial charge is 0.338 e. The summed E-state index contributed by atoms with van der Waals surface area (Å²) >= 11 is 0. The van der Waals surface area contributed by atoms with Gasteiger partial charge in [0.1, 0.15) is 0 Å². The number of fused-ring (bicyclic) bond motifs is 1. The molecule has 0 unspecified atom stereocenters. The molecule has 0 aliphatic heterocycles. The molecule has 11 heteroatoms. The van der Waals surface area contributed by atoms with Crippen LogP contribution < -0.4 is 18.9 Å². The Hall–Kier alpha value is -4.25. The molecule has 37 heavy (non-hydrogen) atoms. The van der Waals surface area contributed by atoms with Crippen molar-refractivity contribution in [3.8, 4) is 22.9 Å². The molecule has 0 fully saturated rings. The van der Waals surface area contributed by atoms with Crippen molar-refractivity contribution in [2.75, 3.05) is 32.7 Å². The van der Waals surface area contributed by atoms with Crippen LogP contribution in [-0.4, -0.2) is 51.9 Å². The minimum atomic E-state index is -4.00. The molecule has 0 aliphatic rings. The highest BCUT2D eigenvalue weighted by molar-refractivity contribution is 7.92.